The van der Waals surface area contributed by atoms with Crippen LogP contribution in [0.25, 0.3) is 0 Å². The van der Waals surface area contributed by atoms with Gasteiger partial charge in [0.15, 0.2) is 0 Å². The SMILES string of the molecule is C.C1CCCCC1.C1CCOCC1.C1COCOC1.Cc1ccccc1.Cc1ccccc1F.Fc1cccc(F)c1.Fc1ccccc1.c1ccccc1. The molecule has 3 aliphatic rings. The minimum atomic E-state index is -0.537. The van der Waals surface area contributed by atoms with Crippen molar-refractivity contribution in [1.29, 1.82) is 0 Å². The van der Waals surface area contributed by atoms with E-state index in [1.807, 2.05) is 60.7 Å². The highest BCUT2D eigenvalue weighted by Crippen LogP contribution is 2.15. The molecule has 5 aromatic carbocycles. The van der Waals surface area contributed by atoms with Gasteiger partial charge in [0.2, 0.25) is 0 Å². The van der Waals surface area contributed by atoms with Crippen LogP contribution in [0.15, 0.2) is 146 Å². The Bertz CT molecular complexity index is 1310. The number of ether oxygens (including phenoxy) is 3. The molecule has 2 aliphatic heterocycles. The Morgan fingerprint density at radius 1 is 0.364 bits per heavy atom. The van der Waals surface area contributed by atoms with Gasteiger partial charge in [0, 0.05) is 19.3 Å². The maximum Gasteiger partial charge on any atom is 0.146 e. The standard InChI is InChI=1S/C7H7F.C7H8.C6H4F2.C6H5F.C6H12.C6H6.C5H10O.C4H8O2.CH4/c1-6-4-2-3-5-7(6)8;1-7-5-3-2-4-6-7;7-5-2-1-3-6(8)4-5;7-6-4-2-1-3-5-6;3*1-2-4-6-5-3-1;1-2-5-4-6-3-1;/h2-5H,1H3;2-6H,1H3;1-4H;1-5H;1-6H2;1-6H;1-5H2;1-4H2;1H4. The van der Waals surface area contributed by atoms with Gasteiger partial charge in [-0.05, 0) is 75.4 Å². The van der Waals surface area contributed by atoms with Crippen LogP contribution >= 0.6 is 0 Å². The molecule has 2 heterocycles. The summed E-state index contributed by atoms with van der Waals surface area (Å²) in [5.74, 6) is -1.38. The predicted octanol–water partition coefficient (Wildman–Crippen LogP) is 14.2. The molecule has 1 saturated carbocycles. The molecule has 2 saturated heterocycles. The molecule has 0 atom stereocenters. The van der Waals surface area contributed by atoms with Gasteiger partial charge in [0.1, 0.15) is 30.1 Å². The van der Waals surface area contributed by atoms with E-state index >= 15 is 0 Å². The van der Waals surface area contributed by atoms with Crippen molar-refractivity contribution in [3.05, 3.63) is 180 Å². The van der Waals surface area contributed by atoms with Gasteiger partial charge in [-0.15, -0.1) is 0 Å². The lowest BCUT2D eigenvalue weighted by Crippen LogP contribution is -2.11. The zero-order chi connectivity index (χ0) is 39.2. The van der Waals surface area contributed by atoms with Crippen molar-refractivity contribution in [2.24, 2.45) is 0 Å². The van der Waals surface area contributed by atoms with Gasteiger partial charge in [-0.1, -0.05) is 161 Å². The van der Waals surface area contributed by atoms with Crippen LogP contribution in [0.4, 0.5) is 17.6 Å². The Morgan fingerprint density at radius 2 is 0.727 bits per heavy atom. The Balaban J connectivity index is 0.000000606. The van der Waals surface area contributed by atoms with Gasteiger partial charge >= 0.3 is 0 Å². The van der Waals surface area contributed by atoms with Gasteiger partial charge in [-0.2, -0.15) is 0 Å². The zero-order valence-electron chi connectivity index (χ0n) is 32.2. The first-order valence-electron chi connectivity index (χ1n) is 19.0. The maximum atomic E-state index is 12.3. The summed E-state index contributed by atoms with van der Waals surface area (Å²) < 4.78 is 62.8. The lowest BCUT2D eigenvalue weighted by atomic mass is 10.0. The summed E-state index contributed by atoms with van der Waals surface area (Å²) in [6.07, 6.45) is 14.0. The quantitative estimate of drug-likeness (QED) is 0.147. The Labute approximate surface area is 329 Å². The monoisotopic (exact) mass is 764 g/mol. The molecule has 7 heteroatoms. The van der Waals surface area contributed by atoms with Crippen LogP contribution in [0.1, 0.15) is 82.8 Å². The molecule has 3 nitrogen and oxygen atoms in total. The average Bonchev–Trinajstić information content (AvgIpc) is 3.24. The van der Waals surface area contributed by atoms with Crippen LogP contribution in [0, 0.1) is 37.1 Å². The fourth-order valence-electron chi connectivity index (χ4n) is 4.53. The molecule has 0 aromatic heterocycles. The molecule has 3 fully saturated rings. The Kier molecular flexibility index (Phi) is 35.0. The third-order valence-corrected chi connectivity index (χ3v) is 7.52. The van der Waals surface area contributed by atoms with Crippen molar-refractivity contribution in [3.63, 3.8) is 0 Å². The van der Waals surface area contributed by atoms with Crippen LogP contribution in [-0.2, 0) is 14.2 Å². The Morgan fingerprint density at radius 3 is 0.945 bits per heavy atom. The molecule has 5 aromatic rings. The number of rotatable bonds is 0. The second-order valence-electron chi connectivity index (χ2n) is 12.4. The molecule has 0 radical (unpaired) electrons. The minimum absolute atomic E-state index is 0. The molecule has 302 valence electrons. The molecule has 1 aliphatic carbocycles. The predicted molar refractivity (Wildman–Crippen MR) is 222 cm³/mol. The van der Waals surface area contributed by atoms with Crippen molar-refractivity contribution in [3.8, 4) is 0 Å². The summed E-state index contributed by atoms with van der Waals surface area (Å²) in [6.45, 7) is 8.08. The number of halogens is 4. The summed E-state index contributed by atoms with van der Waals surface area (Å²) in [5.41, 5.74) is 2.02. The number of hydrogen-bond acceptors (Lipinski definition) is 3. The second-order valence-corrected chi connectivity index (χ2v) is 12.4. The van der Waals surface area contributed by atoms with Crippen molar-refractivity contribution in [2.45, 2.75) is 85.5 Å². The maximum absolute atomic E-state index is 12.3. The molecule has 0 spiro atoms. The van der Waals surface area contributed by atoms with Gasteiger partial charge in [0.25, 0.3) is 0 Å². The minimum Gasteiger partial charge on any atom is -0.381 e. The summed E-state index contributed by atoms with van der Waals surface area (Å²) in [4.78, 5) is 0. The van der Waals surface area contributed by atoms with E-state index in [2.05, 4.69) is 19.1 Å². The van der Waals surface area contributed by atoms with E-state index in [0.29, 0.717) is 12.4 Å². The molecule has 0 bridgehead atoms. The third kappa shape index (κ3) is 35.2. The normalized spacial score (nSPS) is 13.6. The molecule has 0 amide bonds. The average molecular weight is 765 g/mol. The van der Waals surface area contributed by atoms with Crippen molar-refractivity contribution >= 4 is 0 Å². The zero-order valence-corrected chi connectivity index (χ0v) is 32.2. The first-order chi connectivity index (χ1) is 26.4. The van der Waals surface area contributed by atoms with E-state index in [1.165, 1.54) is 99.7 Å². The Hall–Kier alpha value is -4.30. The van der Waals surface area contributed by atoms with Crippen LogP contribution in [0.5, 0.6) is 0 Å². The van der Waals surface area contributed by atoms with Gasteiger partial charge in [-0.3, -0.25) is 0 Å². The molecule has 55 heavy (non-hydrogen) atoms. The van der Waals surface area contributed by atoms with E-state index in [0.717, 1.165) is 38.9 Å². The molecule has 0 N–H and O–H groups in total. The fourth-order valence-corrected chi connectivity index (χ4v) is 4.53. The first-order valence-corrected chi connectivity index (χ1v) is 19.0. The summed E-state index contributed by atoms with van der Waals surface area (Å²) >= 11 is 0. The second kappa shape index (κ2) is 38.0. The molecule has 0 unspecified atom stereocenters. The summed E-state index contributed by atoms with van der Waals surface area (Å²) in [6, 6.07) is 41.5. The van der Waals surface area contributed by atoms with E-state index < -0.39 is 11.6 Å². The van der Waals surface area contributed by atoms with E-state index in [9.17, 15) is 17.6 Å². The van der Waals surface area contributed by atoms with Gasteiger partial charge < -0.3 is 14.2 Å². The van der Waals surface area contributed by atoms with Crippen LogP contribution < -0.4 is 0 Å². The van der Waals surface area contributed by atoms with E-state index in [4.69, 9.17) is 14.2 Å². The number of aryl methyl sites for hydroxylation is 2. The summed E-state index contributed by atoms with van der Waals surface area (Å²) in [5, 5.41) is 0. The van der Waals surface area contributed by atoms with E-state index in [1.54, 1.807) is 37.3 Å². The summed E-state index contributed by atoms with van der Waals surface area (Å²) in [7, 11) is 0. The largest absolute Gasteiger partial charge is 0.381 e. The number of hydrogen-bond donors (Lipinski definition) is 0. The van der Waals surface area contributed by atoms with Crippen molar-refractivity contribution in [1.82, 2.24) is 0 Å². The fraction of sp³-hybridized carbons (Fsp3) is 0.375. The number of benzene rings is 5. The van der Waals surface area contributed by atoms with Crippen LogP contribution in [0.3, 0.4) is 0 Å². The molecule has 8 rings (SSSR count). The third-order valence-electron chi connectivity index (χ3n) is 7.52. The van der Waals surface area contributed by atoms with Crippen LogP contribution in [0.2, 0.25) is 0 Å². The highest BCUT2D eigenvalue weighted by Gasteiger charge is 1.96. The van der Waals surface area contributed by atoms with Crippen LogP contribution in [-0.4, -0.2) is 33.2 Å². The lowest BCUT2D eigenvalue weighted by molar-refractivity contribution is -0.0963. The first kappa shape index (κ1) is 50.7. The molecular weight excluding hydrogens is 701 g/mol. The van der Waals surface area contributed by atoms with Gasteiger partial charge in [-0.25, -0.2) is 17.6 Å². The molecular formula is C48H64F4O3. The lowest BCUT2D eigenvalue weighted by Gasteiger charge is -2.09. The smallest absolute Gasteiger partial charge is 0.146 e. The highest BCUT2D eigenvalue weighted by atomic mass is 19.1. The van der Waals surface area contributed by atoms with Crippen molar-refractivity contribution < 1.29 is 31.8 Å². The topological polar surface area (TPSA) is 27.7 Å². The highest BCUT2D eigenvalue weighted by molar-refractivity contribution is 5.14. The van der Waals surface area contributed by atoms with Crippen molar-refractivity contribution in [2.75, 3.05) is 33.2 Å². The van der Waals surface area contributed by atoms with Gasteiger partial charge in [0.05, 0.1) is 13.2 Å². The van der Waals surface area contributed by atoms with E-state index in [-0.39, 0.29) is 19.1 Å².